The summed E-state index contributed by atoms with van der Waals surface area (Å²) in [5.41, 5.74) is 4.71. The number of hydrogen-bond donors (Lipinski definition) is 0. The van der Waals surface area contributed by atoms with Gasteiger partial charge in [0, 0.05) is 18.8 Å². The van der Waals surface area contributed by atoms with Crippen molar-refractivity contribution >= 4 is 29.1 Å². The Bertz CT molecular complexity index is 1650. The van der Waals surface area contributed by atoms with Crippen molar-refractivity contribution in [1.82, 2.24) is 4.57 Å². The van der Waals surface area contributed by atoms with Gasteiger partial charge in [0.05, 0.1) is 28.5 Å². The van der Waals surface area contributed by atoms with E-state index in [-0.39, 0.29) is 19.0 Å². The maximum Gasteiger partial charge on any atom is 0.338 e. The van der Waals surface area contributed by atoms with Gasteiger partial charge in [0.25, 0.3) is 5.56 Å². The van der Waals surface area contributed by atoms with Crippen LogP contribution in [0.3, 0.4) is 0 Å². The summed E-state index contributed by atoms with van der Waals surface area (Å²) in [7, 11) is 0. The number of aromatic nitrogens is 1. The summed E-state index contributed by atoms with van der Waals surface area (Å²) in [5, 5.41) is 0. The van der Waals surface area contributed by atoms with Gasteiger partial charge in [0.15, 0.2) is 16.3 Å². The molecule has 1 atom stereocenters. The molecule has 9 heteroatoms. The Balaban J connectivity index is 1.48. The summed E-state index contributed by atoms with van der Waals surface area (Å²) in [6.07, 6.45) is 4.37. The number of rotatable bonds is 5. The number of aryl methyl sites for hydroxylation is 1. The van der Waals surface area contributed by atoms with Crippen LogP contribution in [0, 0.1) is 6.92 Å². The van der Waals surface area contributed by atoms with Crippen molar-refractivity contribution in [3.63, 3.8) is 0 Å². The number of thiazole rings is 1. The molecule has 1 saturated heterocycles. The molecule has 38 heavy (non-hydrogen) atoms. The highest BCUT2D eigenvalue weighted by Crippen LogP contribution is 2.38. The monoisotopic (exact) mass is 531 g/mol. The SMILES string of the molecule is CCOC(=O)C1=C(C)N=c2s/c(=C/c3ccc(N4CCCC4)cc3C)c(=O)n2[C@H]1c1ccc2c(c1)OCO2. The number of ether oxygens (including phenoxy) is 3. The van der Waals surface area contributed by atoms with Crippen LogP contribution in [0.1, 0.15) is 49.4 Å². The molecule has 3 aliphatic heterocycles. The molecule has 0 unspecified atom stereocenters. The lowest BCUT2D eigenvalue weighted by molar-refractivity contribution is -0.139. The topological polar surface area (TPSA) is 82.4 Å². The van der Waals surface area contributed by atoms with Gasteiger partial charge in [-0.05, 0) is 80.6 Å². The van der Waals surface area contributed by atoms with E-state index in [0.717, 1.165) is 29.8 Å². The number of hydrogen-bond acceptors (Lipinski definition) is 8. The van der Waals surface area contributed by atoms with Crippen LogP contribution in [0.15, 0.2) is 57.5 Å². The largest absolute Gasteiger partial charge is 0.463 e. The molecule has 0 bridgehead atoms. The Morgan fingerprint density at radius 2 is 1.92 bits per heavy atom. The summed E-state index contributed by atoms with van der Waals surface area (Å²) in [6, 6.07) is 11.2. The molecular weight excluding hydrogens is 502 g/mol. The molecule has 0 aliphatic carbocycles. The van der Waals surface area contributed by atoms with Crippen LogP contribution in [0.4, 0.5) is 5.69 Å². The molecule has 0 spiro atoms. The summed E-state index contributed by atoms with van der Waals surface area (Å²) < 4.78 is 18.6. The first-order valence-corrected chi connectivity index (χ1v) is 13.7. The van der Waals surface area contributed by atoms with Gasteiger partial charge < -0.3 is 19.1 Å². The fourth-order valence-electron chi connectivity index (χ4n) is 5.33. The van der Waals surface area contributed by atoms with E-state index < -0.39 is 12.0 Å². The van der Waals surface area contributed by atoms with Crippen molar-refractivity contribution < 1.29 is 19.0 Å². The average Bonchev–Trinajstić information content (AvgIpc) is 3.65. The molecule has 3 aliphatic rings. The Kier molecular flexibility index (Phi) is 6.31. The third-order valence-electron chi connectivity index (χ3n) is 7.24. The molecule has 4 heterocycles. The highest BCUT2D eigenvalue weighted by Gasteiger charge is 2.34. The van der Waals surface area contributed by atoms with Crippen LogP contribution >= 0.6 is 11.3 Å². The average molecular weight is 532 g/mol. The molecule has 1 fully saturated rings. The number of esters is 1. The molecule has 8 nitrogen and oxygen atoms in total. The Morgan fingerprint density at radius 3 is 2.68 bits per heavy atom. The molecule has 0 saturated carbocycles. The van der Waals surface area contributed by atoms with E-state index in [1.54, 1.807) is 24.5 Å². The smallest absolute Gasteiger partial charge is 0.338 e. The van der Waals surface area contributed by atoms with Crippen LogP contribution in [0.25, 0.3) is 6.08 Å². The first-order chi connectivity index (χ1) is 18.4. The molecule has 0 N–H and O–H groups in total. The Morgan fingerprint density at radius 1 is 1.13 bits per heavy atom. The maximum atomic E-state index is 13.9. The van der Waals surface area contributed by atoms with Crippen molar-refractivity contribution in [2.75, 3.05) is 31.4 Å². The zero-order valence-corrected chi connectivity index (χ0v) is 22.5. The van der Waals surface area contributed by atoms with Gasteiger partial charge >= 0.3 is 5.97 Å². The molecular formula is C29H29N3O5S. The van der Waals surface area contributed by atoms with E-state index in [2.05, 4.69) is 35.0 Å². The molecule has 196 valence electrons. The molecule has 0 amide bonds. The van der Waals surface area contributed by atoms with Crippen LogP contribution in [0.5, 0.6) is 11.5 Å². The number of anilines is 1. The minimum Gasteiger partial charge on any atom is -0.463 e. The fourth-order valence-corrected chi connectivity index (χ4v) is 6.36. The fraction of sp³-hybridized carbons (Fsp3) is 0.345. The summed E-state index contributed by atoms with van der Waals surface area (Å²) >= 11 is 1.33. The van der Waals surface area contributed by atoms with Crippen LogP contribution in [0.2, 0.25) is 0 Å². The van der Waals surface area contributed by atoms with Gasteiger partial charge in [-0.3, -0.25) is 9.36 Å². The molecule has 2 aromatic carbocycles. The molecule has 6 rings (SSSR count). The van der Waals surface area contributed by atoms with E-state index in [4.69, 9.17) is 14.2 Å². The zero-order chi connectivity index (χ0) is 26.4. The normalized spacial score (nSPS) is 18.6. The van der Waals surface area contributed by atoms with E-state index in [1.807, 2.05) is 18.2 Å². The van der Waals surface area contributed by atoms with Crippen LogP contribution in [-0.4, -0.2) is 37.0 Å². The second-order valence-electron chi connectivity index (χ2n) is 9.65. The van der Waals surface area contributed by atoms with Crippen LogP contribution < -0.4 is 29.3 Å². The van der Waals surface area contributed by atoms with Crippen molar-refractivity contribution in [1.29, 1.82) is 0 Å². The van der Waals surface area contributed by atoms with E-state index in [9.17, 15) is 9.59 Å². The van der Waals surface area contributed by atoms with Crippen molar-refractivity contribution in [3.05, 3.63) is 84.0 Å². The van der Waals surface area contributed by atoms with Crippen LogP contribution in [-0.2, 0) is 9.53 Å². The minimum atomic E-state index is -0.694. The quantitative estimate of drug-likeness (QED) is 0.469. The number of allylic oxidation sites excluding steroid dienone is 1. The predicted octanol–water partition coefficient (Wildman–Crippen LogP) is 3.44. The molecule has 0 radical (unpaired) electrons. The maximum absolute atomic E-state index is 13.9. The van der Waals surface area contributed by atoms with Gasteiger partial charge in [-0.25, -0.2) is 9.79 Å². The van der Waals surface area contributed by atoms with Gasteiger partial charge in [-0.2, -0.15) is 0 Å². The number of carbonyl (C=O) groups excluding carboxylic acids is 1. The van der Waals surface area contributed by atoms with Gasteiger partial charge in [0.2, 0.25) is 6.79 Å². The summed E-state index contributed by atoms with van der Waals surface area (Å²) in [4.78, 5) is 34.6. The second-order valence-corrected chi connectivity index (χ2v) is 10.7. The highest BCUT2D eigenvalue weighted by molar-refractivity contribution is 7.07. The summed E-state index contributed by atoms with van der Waals surface area (Å²) in [5.74, 6) is 0.725. The number of carbonyl (C=O) groups is 1. The third kappa shape index (κ3) is 4.20. The number of fused-ring (bicyclic) bond motifs is 2. The van der Waals surface area contributed by atoms with Crippen molar-refractivity contribution in [2.45, 2.75) is 39.7 Å². The second kappa shape index (κ2) is 9.79. The highest BCUT2D eigenvalue weighted by atomic mass is 32.1. The lowest BCUT2D eigenvalue weighted by atomic mass is 9.95. The van der Waals surface area contributed by atoms with E-state index >= 15 is 0 Å². The predicted molar refractivity (Wildman–Crippen MR) is 146 cm³/mol. The van der Waals surface area contributed by atoms with Gasteiger partial charge in [-0.1, -0.05) is 23.5 Å². The molecule has 3 aromatic rings. The lowest BCUT2D eigenvalue weighted by Crippen LogP contribution is -2.39. The third-order valence-corrected chi connectivity index (χ3v) is 8.22. The van der Waals surface area contributed by atoms with Crippen molar-refractivity contribution in [3.8, 4) is 11.5 Å². The number of benzene rings is 2. The summed E-state index contributed by atoms with van der Waals surface area (Å²) in [6.45, 7) is 8.14. The van der Waals surface area contributed by atoms with Gasteiger partial charge in [0.1, 0.15) is 0 Å². The standard InChI is InChI=1S/C29H29N3O5S/c1-4-35-28(34)25-18(3)30-29-32(26(25)20-8-10-22-23(14-20)37-16-36-22)27(33)24(38-29)15-19-7-9-21(13-17(19)2)31-11-5-6-12-31/h7-10,13-15,26H,4-6,11-12,16H2,1-3H3/b24-15+/t26-/m0/s1. The first-order valence-electron chi connectivity index (χ1n) is 12.9. The first kappa shape index (κ1) is 24.5. The van der Waals surface area contributed by atoms with Crippen molar-refractivity contribution in [2.24, 2.45) is 4.99 Å². The van der Waals surface area contributed by atoms with E-state index in [0.29, 0.717) is 32.1 Å². The minimum absolute atomic E-state index is 0.136. The number of nitrogens with zero attached hydrogens (tertiary/aromatic N) is 3. The lowest BCUT2D eigenvalue weighted by Gasteiger charge is -2.24. The van der Waals surface area contributed by atoms with Gasteiger partial charge in [-0.15, -0.1) is 0 Å². The Hall–Kier alpha value is -3.85. The Labute approximate surface area is 224 Å². The molecule has 1 aromatic heterocycles. The van der Waals surface area contributed by atoms with E-state index in [1.165, 1.54) is 29.9 Å². The zero-order valence-electron chi connectivity index (χ0n) is 21.7.